The molecule has 4 aliphatic heterocycles. The van der Waals surface area contributed by atoms with Crippen molar-refractivity contribution < 1.29 is 57.3 Å². The van der Waals surface area contributed by atoms with Crippen molar-refractivity contribution in [2.45, 2.75) is 37.8 Å². The summed E-state index contributed by atoms with van der Waals surface area (Å²) in [6.07, 6.45) is 0.265. The summed E-state index contributed by atoms with van der Waals surface area (Å²) in [6, 6.07) is 7.64. The molecule has 0 radical (unpaired) electrons. The van der Waals surface area contributed by atoms with Crippen molar-refractivity contribution >= 4 is 58.6 Å². The molecular weight excluding hydrogens is 708 g/mol. The monoisotopic (exact) mass is 748 g/mol. The van der Waals surface area contributed by atoms with Crippen LogP contribution in [-0.2, 0) is 38.1 Å². The zero-order chi connectivity index (χ0) is 38.2. The normalized spacial score (nSPS) is 19.6. The van der Waals surface area contributed by atoms with E-state index in [1.807, 2.05) is 0 Å². The number of piperidine rings is 2. The molecule has 2 fully saturated rings. The van der Waals surface area contributed by atoms with Crippen molar-refractivity contribution in [2.75, 3.05) is 76.6 Å². The third-order valence-electron chi connectivity index (χ3n) is 9.18. The molecule has 18 nitrogen and oxygen atoms in total. The standard InChI is InChI=1S/C36H40N6O12/c43-27-9-7-25(31(45)39-27)41-33(47)21-3-1-5-23(29(21)35(41)49)37-11-13-51-15-17-53-19-20-54-18-16-52-14-12-38-24-6-2-4-22-30(24)36(50)42(34(22)48)26-8-10-28(44)40-32(26)46/h1-6,25-26,37-38H,7-20H2,(H,39,43,45)(H,40,44,46). The number of amides is 8. The summed E-state index contributed by atoms with van der Waals surface area (Å²) in [5.41, 5.74) is 1.66. The lowest BCUT2D eigenvalue weighted by Gasteiger charge is -2.27. The van der Waals surface area contributed by atoms with Crippen LogP contribution >= 0.6 is 0 Å². The van der Waals surface area contributed by atoms with Gasteiger partial charge in [0, 0.05) is 37.3 Å². The smallest absolute Gasteiger partial charge is 0.264 e. The van der Waals surface area contributed by atoms with Gasteiger partial charge in [-0.25, -0.2) is 0 Å². The first-order chi connectivity index (χ1) is 26.2. The van der Waals surface area contributed by atoms with Crippen LogP contribution in [0.3, 0.4) is 0 Å². The van der Waals surface area contributed by atoms with Gasteiger partial charge in [0.15, 0.2) is 0 Å². The molecule has 2 aromatic carbocycles. The Hall–Kier alpha value is -5.56. The number of fused-ring (bicyclic) bond motifs is 2. The molecule has 2 saturated heterocycles. The first-order valence-electron chi connectivity index (χ1n) is 17.6. The molecule has 0 bridgehead atoms. The number of ether oxygens (including phenoxy) is 4. The Balaban J connectivity index is 0.792. The zero-order valence-electron chi connectivity index (χ0n) is 29.3. The number of hydrogen-bond donors (Lipinski definition) is 4. The fraction of sp³-hybridized carbons (Fsp3) is 0.444. The van der Waals surface area contributed by atoms with E-state index in [0.717, 1.165) is 9.80 Å². The van der Waals surface area contributed by atoms with Crippen LogP contribution in [0, 0.1) is 0 Å². The van der Waals surface area contributed by atoms with Gasteiger partial charge < -0.3 is 29.6 Å². The molecule has 286 valence electrons. The SMILES string of the molecule is O=C1CCC(N2C(=O)c3cccc(NCCOCCOCCOCCOCCNc4cccc5c4C(=O)N(C4CCC(=O)NC4=O)C5=O)c3C2=O)C(=O)N1. The second-order valence-corrected chi connectivity index (χ2v) is 12.7. The van der Waals surface area contributed by atoms with E-state index in [9.17, 15) is 38.4 Å². The molecule has 2 unspecified atom stereocenters. The molecule has 54 heavy (non-hydrogen) atoms. The van der Waals surface area contributed by atoms with Crippen LogP contribution < -0.4 is 21.3 Å². The third kappa shape index (κ3) is 8.31. The summed E-state index contributed by atoms with van der Waals surface area (Å²) in [5.74, 6) is -4.49. The Labute approximate surface area is 309 Å². The second-order valence-electron chi connectivity index (χ2n) is 12.7. The lowest BCUT2D eigenvalue weighted by Crippen LogP contribution is -2.54. The van der Waals surface area contributed by atoms with Gasteiger partial charge >= 0.3 is 0 Å². The lowest BCUT2D eigenvalue weighted by atomic mass is 10.0. The highest BCUT2D eigenvalue weighted by Crippen LogP contribution is 2.33. The van der Waals surface area contributed by atoms with Crippen molar-refractivity contribution in [3.8, 4) is 0 Å². The van der Waals surface area contributed by atoms with Gasteiger partial charge in [-0.1, -0.05) is 12.1 Å². The van der Waals surface area contributed by atoms with Crippen LogP contribution in [0.4, 0.5) is 11.4 Å². The molecule has 0 aliphatic carbocycles. The van der Waals surface area contributed by atoms with E-state index in [1.165, 1.54) is 12.1 Å². The summed E-state index contributed by atoms with van der Waals surface area (Å²) in [4.78, 5) is 102. The highest BCUT2D eigenvalue weighted by atomic mass is 16.6. The van der Waals surface area contributed by atoms with E-state index < -0.39 is 59.3 Å². The minimum atomic E-state index is -1.03. The van der Waals surface area contributed by atoms with E-state index in [-0.39, 0.29) is 47.9 Å². The molecule has 4 heterocycles. The predicted octanol–water partition coefficient (Wildman–Crippen LogP) is 0.0794. The minimum Gasteiger partial charge on any atom is -0.382 e. The van der Waals surface area contributed by atoms with Crippen LogP contribution in [-0.4, -0.2) is 135 Å². The average molecular weight is 749 g/mol. The lowest BCUT2D eigenvalue weighted by molar-refractivity contribution is -0.137. The van der Waals surface area contributed by atoms with Crippen molar-refractivity contribution in [2.24, 2.45) is 0 Å². The van der Waals surface area contributed by atoms with Crippen LogP contribution in [0.25, 0.3) is 0 Å². The van der Waals surface area contributed by atoms with E-state index in [1.54, 1.807) is 24.3 Å². The number of anilines is 2. The quantitative estimate of drug-likeness (QED) is 0.110. The number of nitrogens with one attached hydrogen (secondary N) is 4. The second kappa shape index (κ2) is 17.5. The Bertz CT molecular complexity index is 1720. The van der Waals surface area contributed by atoms with Crippen LogP contribution in [0.5, 0.6) is 0 Å². The first kappa shape index (κ1) is 38.2. The summed E-state index contributed by atoms with van der Waals surface area (Å²) in [7, 11) is 0. The maximum Gasteiger partial charge on any atom is 0.264 e. The van der Waals surface area contributed by atoms with Crippen molar-refractivity contribution in [1.29, 1.82) is 0 Å². The number of rotatable bonds is 19. The van der Waals surface area contributed by atoms with Crippen molar-refractivity contribution in [1.82, 2.24) is 20.4 Å². The summed E-state index contributed by atoms with van der Waals surface area (Å²) >= 11 is 0. The van der Waals surface area contributed by atoms with E-state index >= 15 is 0 Å². The number of carbonyl (C=O) groups excluding carboxylic acids is 8. The predicted molar refractivity (Wildman–Crippen MR) is 186 cm³/mol. The molecule has 2 atom stereocenters. The highest BCUT2D eigenvalue weighted by Gasteiger charge is 2.47. The maximum absolute atomic E-state index is 13.2. The first-order valence-corrected chi connectivity index (χ1v) is 17.6. The molecule has 0 aromatic heterocycles. The fourth-order valence-corrected chi connectivity index (χ4v) is 6.60. The molecule has 0 spiro atoms. The molecular formula is C36H40N6O12. The Kier molecular flexibility index (Phi) is 12.4. The van der Waals surface area contributed by atoms with Gasteiger partial charge in [0.05, 0.1) is 75.1 Å². The fourth-order valence-electron chi connectivity index (χ4n) is 6.60. The number of nitrogens with zero attached hydrogens (tertiary/aromatic N) is 2. The van der Waals surface area contributed by atoms with Gasteiger partial charge in [0.25, 0.3) is 23.6 Å². The minimum absolute atomic E-state index is 0.0479. The van der Waals surface area contributed by atoms with Gasteiger partial charge in [0.1, 0.15) is 12.1 Å². The number of hydrogen-bond acceptors (Lipinski definition) is 14. The molecule has 18 heteroatoms. The number of benzene rings is 2. The Morgan fingerprint density at radius 1 is 0.519 bits per heavy atom. The summed E-state index contributed by atoms with van der Waals surface area (Å²) < 4.78 is 22.2. The van der Waals surface area contributed by atoms with Gasteiger partial charge in [-0.3, -0.25) is 58.8 Å². The average Bonchev–Trinajstić information content (AvgIpc) is 3.56. The van der Waals surface area contributed by atoms with E-state index in [4.69, 9.17) is 18.9 Å². The molecule has 6 rings (SSSR count). The van der Waals surface area contributed by atoms with Gasteiger partial charge in [-0.05, 0) is 37.1 Å². The van der Waals surface area contributed by atoms with Gasteiger partial charge in [0.2, 0.25) is 23.6 Å². The maximum atomic E-state index is 13.2. The molecule has 4 aliphatic rings. The molecule has 2 aromatic rings. The Morgan fingerprint density at radius 2 is 0.889 bits per heavy atom. The van der Waals surface area contributed by atoms with E-state index in [0.29, 0.717) is 77.3 Å². The van der Waals surface area contributed by atoms with Crippen LogP contribution in [0.1, 0.15) is 67.1 Å². The summed E-state index contributed by atoms with van der Waals surface area (Å²) in [5, 5.41) is 10.6. The molecule has 4 N–H and O–H groups in total. The number of imide groups is 4. The number of carbonyl (C=O) groups is 8. The third-order valence-corrected chi connectivity index (χ3v) is 9.18. The molecule has 8 amide bonds. The van der Waals surface area contributed by atoms with E-state index in [2.05, 4.69) is 21.3 Å². The van der Waals surface area contributed by atoms with Crippen LogP contribution in [0.15, 0.2) is 36.4 Å². The summed E-state index contributed by atoms with van der Waals surface area (Å²) in [6.45, 7) is 3.32. The largest absolute Gasteiger partial charge is 0.382 e. The zero-order valence-corrected chi connectivity index (χ0v) is 29.3. The Morgan fingerprint density at radius 3 is 1.26 bits per heavy atom. The molecule has 0 saturated carbocycles. The van der Waals surface area contributed by atoms with Gasteiger partial charge in [-0.15, -0.1) is 0 Å². The topological polar surface area (TPSA) is 228 Å². The van der Waals surface area contributed by atoms with Gasteiger partial charge in [-0.2, -0.15) is 0 Å². The van der Waals surface area contributed by atoms with Crippen molar-refractivity contribution in [3.05, 3.63) is 58.7 Å². The van der Waals surface area contributed by atoms with Crippen molar-refractivity contribution in [3.63, 3.8) is 0 Å². The van der Waals surface area contributed by atoms with Crippen LogP contribution in [0.2, 0.25) is 0 Å². The highest BCUT2D eigenvalue weighted by molar-refractivity contribution is 6.26.